The molecule has 4 heterocycles. The average molecular weight is 436 g/mol. The predicted octanol–water partition coefficient (Wildman–Crippen LogP) is 2.63. The molecular formula is C22H20N4O6. The zero-order valence-electron chi connectivity index (χ0n) is 17.7. The predicted molar refractivity (Wildman–Crippen MR) is 116 cm³/mol. The maximum atomic E-state index is 13.3. The van der Waals surface area contributed by atoms with Gasteiger partial charge in [0.05, 0.1) is 40.1 Å². The van der Waals surface area contributed by atoms with Crippen LogP contribution in [0.2, 0.25) is 0 Å². The topological polar surface area (TPSA) is 114 Å². The van der Waals surface area contributed by atoms with E-state index >= 15 is 0 Å². The number of aryl methyl sites for hydroxylation is 2. The van der Waals surface area contributed by atoms with Gasteiger partial charge in [0.1, 0.15) is 5.76 Å². The third-order valence-electron chi connectivity index (χ3n) is 6.03. The summed E-state index contributed by atoms with van der Waals surface area (Å²) in [6, 6.07) is 8.40. The van der Waals surface area contributed by atoms with Crippen LogP contribution < -0.4 is 11.2 Å². The average Bonchev–Trinajstić information content (AvgIpc) is 3.43. The van der Waals surface area contributed by atoms with Crippen molar-refractivity contribution in [1.82, 2.24) is 13.7 Å². The number of ether oxygens (including phenoxy) is 1. The van der Waals surface area contributed by atoms with E-state index in [2.05, 4.69) is 0 Å². The molecule has 0 fully saturated rings. The van der Waals surface area contributed by atoms with E-state index < -0.39 is 22.3 Å². The van der Waals surface area contributed by atoms with E-state index in [1.54, 1.807) is 38.2 Å². The van der Waals surface area contributed by atoms with Gasteiger partial charge in [-0.05, 0) is 19.1 Å². The highest BCUT2D eigenvalue weighted by molar-refractivity contribution is 5.96. The number of furan rings is 1. The lowest BCUT2D eigenvalue weighted by Gasteiger charge is -2.26. The summed E-state index contributed by atoms with van der Waals surface area (Å²) in [6.07, 6.45) is 0.901. The molecule has 0 aliphatic carbocycles. The molecule has 0 bridgehead atoms. The van der Waals surface area contributed by atoms with Crippen molar-refractivity contribution < 1.29 is 14.1 Å². The van der Waals surface area contributed by atoms with Crippen LogP contribution in [0.4, 0.5) is 5.69 Å². The lowest BCUT2D eigenvalue weighted by molar-refractivity contribution is -0.385. The van der Waals surface area contributed by atoms with Crippen LogP contribution in [0, 0.1) is 17.0 Å². The monoisotopic (exact) mass is 436 g/mol. The molecule has 0 radical (unpaired) electrons. The van der Waals surface area contributed by atoms with E-state index in [4.69, 9.17) is 9.15 Å². The number of hydrogen-bond acceptors (Lipinski definition) is 6. The Balaban J connectivity index is 1.96. The third-order valence-corrected chi connectivity index (χ3v) is 6.03. The molecule has 4 aromatic rings. The van der Waals surface area contributed by atoms with Gasteiger partial charge in [-0.25, -0.2) is 4.79 Å². The fourth-order valence-electron chi connectivity index (χ4n) is 4.49. The van der Waals surface area contributed by atoms with Crippen molar-refractivity contribution in [3.8, 4) is 11.3 Å². The normalized spacial score (nSPS) is 15.8. The summed E-state index contributed by atoms with van der Waals surface area (Å²) in [7, 11) is 3.02. The number of rotatable bonds is 3. The highest BCUT2D eigenvalue weighted by Crippen LogP contribution is 2.41. The quantitative estimate of drug-likeness (QED) is 0.360. The Labute approximate surface area is 181 Å². The summed E-state index contributed by atoms with van der Waals surface area (Å²) >= 11 is 0. The Morgan fingerprint density at radius 3 is 2.62 bits per heavy atom. The number of nitro benzene ring substituents is 1. The zero-order chi connectivity index (χ0) is 22.7. The van der Waals surface area contributed by atoms with Crippen LogP contribution in [0.3, 0.4) is 0 Å². The molecule has 1 aliphatic heterocycles. The van der Waals surface area contributed by atoms with Crippen LogP contribution in [0.25, 0.3) is 22.2 Å². The molecule has 5 rings (SSSR count). The molecule has 10 heteroatoms. The highest BCUT2D eigenvalue weighted by Gasteiger charge is 2.34. The SMILES string of the molecule is Cc1ccc(-c2c3c(=O)n(C)c(=O)n(C)c3c3n2CCOC3c2ccco2)cc1[N+](=O)[O-]. The van der Waals surface area contributed by atoms with E-state index in [-0.39, 0.29) is 5.69 Å². The zero-order valence-corrected chi connectivity index (χ0v) is 17.7. The van der Waals surface area contributed by atoms with Crippen molar-refractivity contribution in [2.24, 2.45) is 14.1 Å². The Bertz CT molecular complexity index is 1510. The van der Waals surface area contributed by atoms with E-state index in [0.29, 0.717) is 52.3 Å². The summed E-state index contributed by atoms with van der Waals surface area (Å²) < 4.78 is 16.0. The second kappa shape index (κ2) is 7.06. The maximum absolute atomic E-state index is 13.3. The second-order valence-electron chi connectivity index (χ2n) is 7.84. The molecule has 0 spiro atoms. The number of benzene rings is 1. The molecule has 0 N–H and O–H groups in total. The van der Waals surface area contributed by atoms with Crippen LogP contribution in [0.15, 0.2) is 50.6 Å². The van der Waals surface area contributed by atoms with Crippen LogP contribution in [0.5, 0.6) is 0 Å². The minimum Gasteiger partial charge on any atom is -0.466 e. The highest BCUT2D eigenvalue weighted by atomic mass is 16.6. The molecule has 0 amide bonds. The minimum atomic E-state index is -0.631. The largest absolute Gasteiger partial charge is 0.466 e. The van der Waals surface area contributed by atoms with Gasteiger partial charge in [-0.1, -0.05) is 12.1 Å². The van der Waals surface area contributed by atoms with Gasteiger partial charge in [0.15, 0.2) is 6.10 Å². The number of hydrogen-bond donors (Lipinski definition) is 0. The summed E-state index contributed by atoms with van der Waals surface area (Å²) in [4.78, 5) is 37.2. The molecule has 1 aliphatic rings. The lowest BCUT2D eigenvalue weighted by Crippen LogP contribution is -2.37. The lowest BCUT2D eigenvalue weighted by atomic mass is 10.1. The Hall–Kier alpha value is -3.92. The first-order valence-electron chi connectivity index (χ1n) is 10.0. The fourth-order valence-corrected chi connectivity index (χ4v) is 4.49. The Morgan fingerprint density at radius 2 is 1.94 bits per heavy atom. The van der Waals surface area contributed by atoms with Gasteiger partial charge < -0.3 is 13.7 Å². The van der Waals surface area contributed by atoms with Crippen LogP contribution in [-0.4, -0.2) is 25.2 Å². The van der Waals surface area contributed by atoms with Gasteiger partial charge in [0, 0.05) is 37.8 Å². The Kier molecular flexibility index (Phi) is 4.41. The molecule has 3 aromatic heterocycles. The standard InChI is InChI=1S/C22H20N4O6/c1-12-6-7-13(11-14(12)26(29)30)17-16-18(23(2)22(28)24(3)21(16)27)19-20(15-5-4-9-31-15)32-10-8-25(17)19/h4-7,9,11,20H,8,10H2,1-3H3. The molecule has 1 unspecified atom stereocenters. The number of nitro groups is 1. The van der Waals surface area contributed by atoms with Gasteiger partial charge in [-0.3, -0.25) is 24.0 Å². The fraction of sp³-hybridized carbons (Fsp3) is 0.273. The van der Waals surface area contributed by atoms with E-state index in [0.717, 1.165) is 4.57 Å². The molecule has 0 saturated heterocycles. The first-order chi connectivity index (χ1) is 15.3. The van der Waals surface area contributed by atoms with Crippen molar-refractivity contribution in [2.45, 2.75) is 19.6 Å². The molecule has 1 aromatic carbocycles. The maximum Gasteiger partial charge on any atom is 0.331 e. The van der Waals surface area contributed by atoms with Crippen LogP contribution >= 0.6 is 0 Å². The third kappa shape index (κ3) is 2.69. The first-order valence-corrected chi connectivity index (χ1v) is 10.0. The van der Waals surface area contributed by atoms with Crippen molar-refractivity contribution in [1.29, 1.82) is 0 Å². The summed E-state index contributed by atoms with van der Waals surface area (Å²) in [6.45, 7) is 2.42. The van der Waals surface area contributed by atoms with Crippen LogP contribution in [-0.2, 0) is 25.4 Å². The van der Waals surface area contributed by atoms with Gasteiger partial charge >= 0.3 is 5.69 Å². The first kappa shape index (κ1) is 20.0. The minimum absolute atomic E-state index is 0.0394. The van der Waals surface area contributed by atoms with E-state index in [9.17, 15) is 19.7 Å². The van der Waals surface area contributed by atoms with E-state index in [1.165, 1.54) is 23.9 Å². The van der Waals surface area contributed by atoms with Gasteiger partial charge in [0.2, 0.25) is 0 Å². The van der Waals surface area contributed by atoms with Gasteiger partial charge in [0.25, 0.3) is 11.2 Å². The summed E-state index contributed by atoms with van der Waals surface area (Å²) in [5.74, 6) is 0.542. The number of fused-ring (bicyclic) bond motifs is 3. The second-order valence-corrected chi connectivity index (χ2v) is 7.84. The molecule has 32 heavy (non-hydrogen) atoms. The van der Waals surface area contributed by atoms with Crippen LogP contribution in [0.1, 0.15) is 23.1 Å². The number of nitrogens with zero attached hydrogens (tertiary/aromatic N) is 4. The summed E-state index contributed by atoms with van der Waals surface area (Å²) in [5, 5.41) is 11.9. The smallest absolute Gasteiger partial charge is 0.331 e. The van der Waals surface area contributed by atoms with Crippen molar-refractivity contribution in [2.75, 3.05) is 6.61 Å². The Morgan fingerprint density at radius 1 is 1.16 bits per heavy atom. The molecular weight excluding hydrogens is 416 g/mol. The molecule has 1 atom stereocenters. The van der Waals surface area contributed by atoms with Crippen molar-refractivity contribution in [3.63, 3.8) is 0 Å². The van der Waals surface area contributed by atoms with Crippen molar-refractivity contribution >= 4 is 16.6 Å². The number of aromatic nitrogens is 3. The molecule has 10 nitrogen and oxygen atoms in total. The van der Waals surface area contributed by atoms with Gasteiger partial charge in [-0.15, -0.1) is 0 Å². The van der Waals surface area contributed by atoms with Crippen molar-refractivity contribution in [3.05, 3.63) is 84.6 Å². The van der Waals surface area contributed by atoms with E-state index in [1.807, 2.05) is 4.57 Å². The molecule has 164 valence electrons. The van der Waals surface area contributed by atoms with Gasteiger partial charge in [-0.2, -0.15) is 0 Å². The molecule has 0 saturated carbocycles. The summed E-state index contributed by atoms with van der Waals surface area (Å²) in [5.41, 5.74) is 1.62.